The predicted octanol–water partition coefficient (Wildman–Crippen LogP) is 2.64. The van der Waals surface area contributed by atoms with Gasteiger partial charge in [0.1, 0.15) is 5.54 Å². The Morgan fingerprint density at radius 3 is 2.60 bits per heavy atom. The Balaban J connectivity index is 1.55. The van der Waals surface area contributed by atoms with Crippen molar-refractivity contribution < 1.29 is 19.2 Å². The average Bonchev–Trinajstić information content (AvgIpc) is 2.94. The van der Waals surface area contributed by atoms with Gasteiger partial charge < -0.3 is 15.5 Å². The summed E-state index contributed by atoms with van der Waals surface area (Å²) in [6, 6.07) is 6.92. The number of benzene rings is 1. The Morgan fingerprint density at radius 1 is 1.20 bits per heavy atom. The number of amides is 5. The fraction of sp³-hybridized carbons (Fsp3) is 0.545. The highest BCUT2D eigenvalue weighted by Gasteiger charge is 2.51. The zero-order valence-corrected chi connectivity index (χ0v) is 17.7. The van der Waals surface area contributed by atoms with Gasteiger partial charge in [0.25, 0.3) is 5.91 Å². The number of hydrogen-bond acceptors (Lipinski definition) is 4. The molecule has 0 radical (unpaired) electrons. The minimum atomic E-state index is -0.762. The first-order valence-electron chi connectivity index (χ1n) is 10.6. The maximum atomic E-state index is 12.8. The van der Waals surface area contributed by atoms with Gasteiger partial charge in [-0.05, 0) is 37.5 Å². The van der Waals surface area contributed by atoms with E-state index in [0.29, 0.717) is 31.6 Å². The van der Waals surface area contributed by atoms with E-state index >= 15 is 0 Å². The molecule has 1 aromatic carbocycles. The minimum absolute atomic E-state index is 0.00349. The van der Waals surface area contributed by atoms with Crippen LogP contribution in [0.1, 0.15) is 57.9 Å². The summed E-state index contributed by atoms with van der Waals surface area (Å²) in [4.78, 5) is 52.0. The quantitative estimate of drug-likeness (QED) is 0.670. The molecule has 0 aromatic heterocycles. The van der Waals surface area contributed by atoms with Crippen LogP contribution in [0.5, 0.6) is 0 Å². The first-order chi connectivity index (χ1) is 14.3. The third-order valence-electron chi connectivity index (χ3n) is 5.93. The molecule has 8 heteroatoms. The van der Waals surface area contributed by atoms with Gasteiger partial charge in [0.2, 0.25) is 11.8 Å². The Morgan fingerprint density at radius 2 is 1.93 bits per heavy atom. The molecule has 1 aromatic rings. The fourth-order valence-corrected chi connectivity index (χ4v) is 4.22. The molecule has 1 aliphatic heterocycles. The van der Waals surface area contributed by atoms with E-state index in [2.05, 4.69) is 10.6 Å². The fourth-order valence-electron chi connectivity index (χ4n) is 4.22. The van der Waals surface area contributed by atoms with Gasteiger partial charge in [0.05, 0.1) is 0 Å². The standard InChI is InChI=1S/C22H30N4O4/c1-3-25(16(2)27)15-17-8-7-9-18(14-17)23-19(28)10-13-26-20(29)22(24-21(26)30)11-5-4-6-12-22/h7-9,14H,3-6,10-13,15H2,1-2H3,(H,23,28)(H,24,30). The lowest BCUT2D eigenvalue weighted by Gasteiger charge is -2.30. The molecule has 0 unspecified atom stereocenters. The highest BCUT2D eigenvalue weighted by atomic mass is 16.2. The van der Waals surface area contributed by atoms with Crippen LogP contribution in [0.2, 0.25) is 0 Å². The number of urea groups is 1. The monoisotopic (exact) mass is 414 g/mol. The zero-order chi connectivity index (χ0) is 21.7. The highest BCUT2D eigenvalue weighted by Crippen LogP contribution is 2.33. The van der Waals surface area contributed by atoms with Gasteiger partial charge in [-0.3, -0.25) is 19.3 Å². The lowest BCUT2D eigenvalue weighted by atomic mass is 9.82. The van der Waals surface area contributed by atoms with Crippen molar-refractivity contribution in [3.05, 3.63) is 29.8 Å². The second-order valence-corrected chi connectivity index (χ2v) is 8.06. The van der Waals surface area contributed by atoms with Crippen LogP contribution in [0.25, 0.3) is 0 Å². The smallest absolute Gasteiger partial charge is 0.325 e. The zero-order valence-electron chi connectivity index (χ0n) is 17.7. The van der Waals surface area contributed by atoms with E-state index in [-0.39, 0.29) is 30.7 Å². The molecule has 162 valence electrons. The molecule has 8 nitrogen and oxygen atoms in total. The van der Waals surface area contributed by atoms with Gasteiger partial charge in [-0.25, -0.2) is 4.79 Å². The molecule has 1 heterocycles. The van der Waals surface area contributed by atoms with Crippen molar-refractivity contribution >= 4 is 29.4 Å². The van der Waals surface area contributed by atoms with Crippen molar-refractivity contribution in [2.75, 3.05) is 18.4 Å². The van der Waals surface area contributed by atoms with E-state index in [0.717, 1.165) is 24.8 Å². The maximum absolute atomic E-state index is 12.8. The van der Waals surface area contributed by atoms with Crippen molar-refractivity contribution in [1.29, 1.82) is 0 Å². The van der Waals surface area contributed by atoms with Crippen LogP contribution in [0.3, 0.4) is 0 Å². The van der Waals surface area contributed by atoms with Crippen LogP contribution in [-0.2, 0) is 20.9 Å². The molecule has 1 spiro atoms. The van der Waals surface area contributed by atoms with Gasteiger partial charge in [-0.1, -0.05) is 31.4 Å². The molecular weight excluding hydrogens is 384 g/mol. The van der Waals surface area contributed by atoms with Crippen LogP contribution >= 0.6 is 0 Å². The lowest BCUT2D eigenvalue weighted by Crippen LogP contribution is -2.48. The third kappa shape index (κ3) is 4.80. The summed E-state index contributed by atoms with van der Waals surface area (Å²) in [7, 11) is 0. The molecule has 0 bridgehead atoms. The summed E-state index contributed by atoms with van der Waals surface area (Å²) < 4.78 is 0. The molecule has 2 aliphatic rings. The number of imide groups is 1. The number of rotatable bonds is 7. The average molecular weight is 415 g/mol. The van der Waals surface area contributed by atoms with E-state index in [1.54, 1.807) is 11.0 Å². The first-order valence-corrected chi connectivity index (χ1v) is 10.6. The van der Waals surface area contributed by atoms with E-state index in [1.165, 1.54) is 11.8 Å². The number of anilines is 1. The summed E-state index contributed by atoms with van der Waals surface area (Å²) in [5.41, 5.74) is 0.776. The van der Waals surface area contributed by atoms with Crippen molar-refractivity contribution in [2.24, 2.45) is 0 Å². The molecule has 2 fully saturated rings. The number of hydrogen-bond donors (Lipinski definition) is 2. The summed E-state index contributed by atoms with van der Waals surface area (Å²) in [6.07, 6.45) is 4.30. The summed E-state index contributed by atoms with van der Waals surface area (Å²) >= 11 is 0. The van der Waals surface area contributed by atoms with Crippen molar-refractivity contribution in [2.45, 2.75) is 64.5 Å². The summed E-state index contributed by atoms with van der Waals surface area (Å²) in [5, 5.41) is 5.67. The van der Waals surface area contributed by atoms with Gasteiger partial charge in [0.15, 0.2) is 0 Å². The second-order valence-electron chi connectivity index (χ2n) is 8.06. The molecule has 1 aliphatic carbocycles. The largest absolute Gasteiger partial charge is 0.339 e. The van der Waals surface area contributed by atoms with E-state index in [4.69, 9.17) is 0 Å². The molecule has 0 atom stereocenters. The third-order valence-corrected chi connectivity index (χ3v) is 5.93. The first kappa shape index (κ1) is 21.8. The van der Waals surface area contributed by atoms with Gasteiger partial charge >= 0.3 is 6.03 Å². The normalized spacial score (nSPS) is 17.7. The molecular formula is C22H30N4O4. The minimum Gasteiger partial charge on any atom is -0.339 e. The summed E-state index contributed by atoms with van der Waals surface area (Å²) in [5.74, 6) is -0.474. The van der Waals surface area contributed by atoms with Crippen molar-refractivity contribution in [1.82, 2.24) is 15.1 Å². The SMILES string of the molecule is CCN(Cc1cccc(NC(=O)CCN2C(=O)NC3(CCCCC3)C2=O)c1)C(C)=O. The maximum Gasteiger partial charge on any atom is 0.325 e. The van der Waals surface area contributed by atoms with Crippen LogP contribution in [0, 0.1) is 0 Å². The van der Waals surface area contributed by atoms with Crippen molar-refractivity contribution in [3.8, 4) is 0 Å². The summed E-state index contributed by atoms with van der Waals surface area (Å²) in [6.45, 7) is 4.59. The second kappa shape index (κ2) is 9.28. The lowest BCUT2D eigenvalue weighted by molar-refractivity contribution is -0.132. The number of nitrogens with one attached hydrogen (secondary N) is 2. The van der Waals surface area contributed by atoms with Crippen LogP contribution < -0.4 is 10.6 Å². The predicted molar refractivity (Wildman–Crippen MR) is 113 cm³/mol. The van der Waals surface area contributed by atoms with Crippen LogP contribution in [0.4, 0.5) is 10.5 Å². The molecule has 2 N–H and O–H groups in total. The number of carbonyl (C=O) groups is 4. The molecule has 3 rings (SSSR count). The number of carbonyl (C=O) groups excluding carboxylic acids is 4. The van der Waals surface area contributed by atoms with Gasteiger partial charge in [0, 0.05) is 38.7 Å². The molecule has 30 heavy (non-hydrogen) atoms. The molecule has 1 saturated carbocycles. The molecule has 5 amide bonds. The van der Waals surface area contributed by atoms with E-state index in [1.807, 2.05) is 25.1 Å². The highest BCUT2D eigenvalue weighted by molar-refractivity contribution is 6.07. The Hall–Kier alpha value is -2.90. The van der Waals surface area contributed by atoms with Crippen LogP contribution in [-0.4, -0.2) is 52.2 Å². The van der Waals surface area contributed by atoms with E-state index in [9.17, 15) is 19.2 Å². The van der Waals surface area contributed by atoms with Crippen molar-refractivity contribution in [3.63, 3.8) is 0 Å². The van der Waals surface area contributed by atoms with E-state index < -0.39 is 11.6 Å². The Labute approximate surface area is 177 Å². The Bertz CT molecular complexity index is 832. The number of nitrogens with zero attached hydrogens (tertiary/aromatic N) is 2. The topological polar surface area (TPSA) is 98.8 Å². The molecule has 1 saturated heterocycles. The van der Waals surface area contributed by atoms with Crippen LogP contribution in [0.15, 0.2) is 24.3 Å². The Kier molecular flexibility index (Phi) is 6.74. The van der Waals surface area contributed by atoms with Gasteiger partial charge in [-0.2, -0.15) is 0 Å². The van der Waals surface area contributed by atoms with Gasteiger partial charge in [-0.15, -0.1) is 0 Å².